The lowest BCUT2D eigenvalue weighted by molar-refractivity contribution is 0.122. The number of aromatic nitrogens is 2. The number of nitrogens with one attached hydrogen (secondary N) is 1. The number of morpholine rings is 1. The van der Waals surface area contributed by atoms with Crippen LogP contribution in [0, 0.1) is 0 Å². The van der Waals surface area contributed by atoms with Crippen molar-refractivity contribution >= 4 is 11.8 Å². The Kier molecular flexibility index (Phi) is 5.90. The average Bonchev–Trinajstić information content (AvgIpc) is 2.69. The van der Waals surface area contributed by atoms with Gasteiger partial charge in [-0.1, -0.05) is 6.07 Å². The molecule has 1 aliphatic heterocycles. The van der Waals surface area contributed by atoms with Crippen molar-refractivity contribution < 1.29 is 14.2 Å². The number of hydrogen-bond acceptors (Lipinski definition) is 7. The van der Waals surface area contributed by atoms with Crippen LogP contribution < -0.4 is 19.7 Å². The standard InChI is InChI=1S/C18H24N4O3/c1-23-15-4-3-14(13-16(15)24-2)5-7-19-18-20-8-6-17(21-18)22-9-11-25-12-10-22/h3-4,6,8,13H,5,7,9-12H2,1-2H3,(H,19,20,21). The Bertz CT molecular complexity index is 690. The number of benzene rings is 1. The summed E-state index contributed by atoms with van der Waals surface area (Å²) in [6, 6.07) is 7.88. The summed E-state index contributed by atoms with van der Waals surface area (Å²) in [5, 5.41) is 3.29. The van der Waals surface area contributed by atoms with Gasteiger partial charge in [-0.25, -0.2) is 4.98 Å². The lowest BCUT2D eigenvalue weighted by atomic mass is 10.1. The molecule has 0 unspecified atom stereocenters. The van der Waals surface area contributed by atoms with Gasteiger partial charge >= 0.3 is 0 Å². The van der Waals surface area contributed by atoms with Gasteiger partial charge in [0.15, 0.2) is 11.5 Å². The summed E-state index contributed by atoms with van der Waals surface area (Å²) < 4.78 is 16.0. The quantitative estimate of drug-likeness (QED) is 0.824. The molecule has 0 atom stereocenters. The Morgan fingerprint density at radius 3 is 2.68 bits per heavy atom. The first-order valence-corrected chi connectivity index (χ1v) is 8.40. The third-order valence-corrected chi connectivity index (χ3v) is 4.12. The smallest absolute Gasteiger partial charge is 0.224 e. The molecule has 7 nitrogen and oxygen atoms in total. The molecule has 1 aromatic heterocycles. The summed E-state index contributed by atoms with van der Waals surface area (Å²) in [6.07, 6.45) is 2.63. The summed E-state index contributed by atoms with van der Waals surface area (Å²) in [5.41, 5.74) is 1.16. The van der Waals surface area contributed by atoms with Gasteiger partial charge in [0, 0.05) is 25.8 Å². The summed E-state index contributed by atoms with van der Waals surface area (Å²) in [4.78, 5) is 11.1. The molecule has 3 rings (SSSR count). The first-order valence-electron chi connectivity index (χ1n) is 8.40. The molecule has 134 valence electrons. The lowest BCUT2D eigenvalue weighted by Crippen LogP contribution is -2.36. The van der Waals surface area contributed by atoms with E-state index in [1.54, 1.807) is 20.4 Å². The fraction of sp³-hybridized carbons (Fsp3) is 0.444. The van der Waals surface area contributed by atoms with Gasteiger partial charge in [0.1, 0.15) is 5.82 Å². The van der Waals surface area contributed by atoms with E-state index < -0.39 is 0 Å². The van der Waals surface area contributed by atoms with E-state index in [1.165, 1.54) is 0 Å². The van der Waals surface area contributed by atoms with Crippen LogP contribution in [0.15, 0.2) is 30.5 Å². The second-order valence-corrected chi connectivity index (χ2v) is 5.70. The summed E-state index contributed by atoms with van der Waals surface area (Å²) >= 11 is 0. The van der Waals surface area contributed by atoms with Crippen LogP contribution in [0.2, 0.25) is 0 Å². The highest BCUT2D eigenvalue weighted by atomic mass is 16.5. The van der Waals surface area contributed by atoms with E-state index in [4.69, 9.17) is 14.2 Å². The largest absolute Gasteiger partial charge is 0.493 e. The van der Waals surface area contributed by atoms with Crippen molar-refractivity contribution in [2.24, 2.45) is 0 Å². The highest BCUT2D eigenvalue weighted by molar-refractivity contribution is 5.44. The fourth-order valence-corrected chi connectivity index (χ4v) is 2.76. The first kappa shape index (κ1) is 17.3. The number of rotatable bonds is 7. The monoisotopic (exact) mass is 344 g/mol. The number of methoxy groups -OCH3 is 2. The molecule has 0 aliphatic carbocycles. The molecule has 2 aromatic rings. The highest BCUT2D eigenvalue weighted by Crippen LogP contribution is 2.27. The van der Waals surface area contributed by atoms with E-state index in [9.17, 15) is 0 Å². The lowest BCUT2D eigenvalue weighted by Gasteiger charge is -2.27. The molecule has 0 amide bonds. The molecular formula is C18H24N4O3. The molecule has 1 saturated heterocycles. The van der Waals surface area contributed by atoms with Crippen molar-refractivity contribution in [2.75, 3.05) is 57.3 Å². The van der Waals surface area contributed by atoms with Gasteiger partial charge in [0.05, 0.1) is 27.4 Å². The van der Waals surface area contributed by atoms with Gasteiger partial charge in [-0.3, -0.25) is 0 Å². The van der Waals surface area contributed by atoms with E-state index in [0.717, 1.165) is 62.1 Å². The number of hydrogen-bond donors (Lipinski definition) is 1. The molecule has 25 heavy (non-hydrogen) atoms. The van der Waals surface area contributed by atoms with E-state index in [2.05, 4.69) is 20.2 Å². The zero-order valence-corrected chi connectivity index (χ0v) is 14.7. The van der Waals surface area contributed by atoms with Gasteiger partial charge in [0.2, 0.25) is 5.95 Å². The zero-order valence-electron chi connectivity index (χ0n) is 14.7. The van der Waals surface area contributed by atoms with Crippen LogP contribution in [0.3, 0.4) is 0 Å². The van der Waals surface area contributed by atoms with Crippen LogP contribution >= 0.6 is 0 Å². The maximum absolute atomic E-state index is 5.38. The second kappa shape index (κ2) is 8.53. The molecular weight excluding hydrogens is 320 g/mol. The number of nitrogens with zero attached hydrogens (tertiary/aromatic N) is 3. The molecule has 1 fully saturated rings. The van der Waals surface area contributed by atoms with E-state index in [0.29, 0.717) is 5.95 Å². The van der Waals surface area contributed by atoms with Crippen LogP contribution in [0.1, 0.15) is 5.56 Å². The van der Waals surface area contributed by atoms with Crippen molar-refractivity contribution in [2.45, 2.75) is 6.42 Å². The van der Waals surface area contributed by atoms with Crippen molar-refractivity contribution in [3.8, 4) is 11.5 Å². The Labute approximate surface area is 147 Å². The molecule has 0 radical (unpaired) electrons. The topological polar surface area (TPSA) is 68.7 Å². The minimum Gasteiger partial charge on any atom is -0.493 e. The Hall–Kier alpha value is -2.54. The van der Waals surface area contributed by atoms with Gasteiger partial charge in [-0.05, 0) is 30.2 Å². The Morgan fingerprint density at radius 2 is 1.92 bits per heavy atom. The van der Waals surface area contributed by atoms with Crippen molar-refractivity contribution in [3.63, 3.8) is 0 Å². The Balaban J connectivity index is 1.57. The average molecular weight is 344 g/mol. The van der Waals surface area contributed by atoms with Crippen LogP contribution in [0.25, 0.3) is 0 Å². The summed E-state index contributed by atoms with van der Waals surface area (Å²) in [5.74, 6) is 3.06. The number of anilines is 2. The molecule has 0 saturated carbocycles. The third kappa shape index (κ3) is 4.51. The molecule has 1 aromatic carbocycles. The summed E-state index contributed by atoms with van der Waals surface area (Å²) in [6.45, 7) is 3.95. The van der Waals surface area contributed by atoms with E-state index in [-0.39, 0.29) is 0 Å². The van der Waals surface area contributed by atoms with Crippen LogP contribution in [0.5, 0.6) is 11.5 Å². The SMILES string of the molecule is COc1ccc(CCNc2nccc(N3CCOCC3)n2)cc1OC. The Morgan fingerprint density at radius 1 is 1.12 bits per heavy atom. The van der Waals surface area contributed by atoms with Crippen molar-refractivity contribution in [1.82, 2.24) is 9.97 Å². The van der Waals surface area contributed by atoms with Crippen molar-refractivity contribution in [1.29, 1.82) is 0 Å². The molecule has 1 N–H and O–H groups in total. The maximum Gasteiger partial charge on any atom is 0.224 e. The second-order valence-electron chi connectivity index (χ2n) is 5.70. The molecule has 1 aliphatic rings. The van der Waals surface area contributed by atoms with Gasteiger partial charge < -0.3 is 24.4 Å². The van der Waals surface area contributed by atoms with Crippen LogP contribution in [0.4, 0.5) is 11.8 Å². The third-order valence-electron chi connectivity index (χ3n) is 4.12. The zero-order chi connectivity index (χ0) is 17.5. The molecule has 2 heterocycles. The summed E-state index contributed by atoms with van der Waals surface area (Å²) in [7, 11) is 3.28. The molecule has 7 heteroatoms. The molecule has 0 bridgehead atoms. The minimum absolute atomic E-state index is 0.643. The van der Waals surface area contributed by atoms with Gasteiger partial charge in [-0.15, -0.1) is 0 Å². The highest BCUT2D eigenvalue weighted by Gasteiger charge is 2.13. The predicted molar refractivity (Wildman–Crippen MR) is 96.8 cm³/mol. The fourth-order valence-electron chi connectivity index (χ4n) is 2.76. The van der Waals surface area contributed by atoms with E-state index in [1.807, 2.05) is 24.3 Å². The number of ether oxygens (including phenoxy) is 3. The predicted octanol–water partition coefficient (Wildman–Crippen LogP) is 1.98. The van der Waals surface area contributed by atoms with Gasteiger partial charge in [0.25, 0.3) is 0 Å². The van der Waals surface area contributed by atoms with Crippen LogP contribution in [-0.2, 0) is 11.2 Å². The molecule has 0 spiro atoms. The van der Waals surface area contributed by atoms with Gasteiger partial charge in [-0.2, -0.15) is 4.98 Å². The van der Waals surface area contributed by atoms with E-state index >= 15 is 0 Å². The first-order chi connectivity index (χ1) is 12.3. The van der Waals surface area contributed by atoms with Crippen LogP contribution in [-0.4, -0.2) is 57.0 Å². The minimum atomic E-state index is 0.643. The normalized spacial score (nSPS) is 14.2. The van der Waals surface area contributed by atoms with Crippen molar-refractivity contribution in [3.05, 3.63) is 36.0 Å². The maximum atomic E-state index is 5.38.